The molecular weight excluding hydrogens is 612 g/mol. The molecule has 12 heteroatoms. The van der Waals surface area contributed by atoms with Crippen molar-refractivity contribution < 1.29 is 42.0 Å². The van der Waals surface area contributed by atoms with Gasteiger partial charge in [0.2, 0.25) is 0 Å². The molecule has 3 atom stereocenters. The van der Waals surface area contributed by atoms with Crippen LogP contribution < -0.4 is 19.6 Å². The van der Waals surface area contributed by atoms with Gasteiger partial charge in [-0.25, -0.2) is 14.4 Å². The highest BCUT2D eigenvalue weighted by Crippen LogP contribution is 2.50. The molecule has 0 aliphatic carbocycles. The third-order valence-electron chi connectivity index (χ3n) is 8.02. The van der Waals surface area contributed by atoms with Gasteiger partial charge in [0.15, 0.2) is 13.6 Å². The number of carbonyl (C=O) groups is 1. The lowest BCUT2D eigenvalue weighted by molar-refractivity contribution is 0.0424. The maximum atomic E-state index is 12.0. The first kappa shape index (κ1) is 37.6. The lowest BCUT2D eigenvalue weighted by Crippen LogP contribution is -2.45. The monoisotopic (exact) mass is 664 g/mol. The quantitative estimate of drug-likeness (QED) is 0.0701. The Labute approximate surface area is 276 Å². The van der Waals surface area contributed by atoms with Crippen LogP contribution in [0.1, 0.15) is 96.1 Å². The van der Waals surface area contributed by atoms with Gasteiger partial charge in [0.05, 0.1) is 6.61 Å². The van der Waals surface area contributed by atoms with E-state index >= 15 is 0 Å². The Morgan fingerprint density at radius 2 is 1.54 bits per heavy atom. The third kappa shape index (κ3) is 11.7. The second-order valence-electron chi connectivity index (χ2n) is 12.8. The summed E-state index contributed by atoms with van der Waals surface area (Å²) in [7, 11) is 3.20. The Morgan fingerprint density at radius 3 is 2.15 bits per heavy atom. The lowest BCUT2D eigenvalue weighted by Gasteiger charge is -2.43. The first-order valence-corrected chi connectivity index (χ1v) is 17.0. The molecule has 46 heavy (non-hydrogen) atoms. The summed E-state index contributed by atoms with van der Waals surface area (Å²) in [5, 5.41) is 0. The van der Waals surface area contributed by atoms with E-state index in [0.717, 1.165) is 66.6 Å². The molecule has 258 valence electrons. The molecule has 11 nitrogen and oxygen atoms in total. The molecular formula is C34H52N2O9S. The van der Waals surface area contributed by atoms with Crippen molar-refractivity contribution in [2.75, 3.05) is 41.0 Å². The topological polar surface area (TPSA) is 125 Å². The minimum absolute atomic E-state index is 0.180. The highest BCUT2D eigenvalue weighted by Gasteiger charge is 2.42. The fourth-order valence-electron chi connectivity index (χ4n) is 5.70. The van der Waals surface area contributed by atoms with Crippen LogP contribution in [0.15, 0.2) is 42.5 Å². The van der Waals surface area contributed by atoms with E-state index in [2.05, 4.69) is 30.5 Å². The van der Waals surface area contributed by atoms with Crippen LogP contribution in [-0.2, 0) is 30.9 Å². The van der Waals surface area contributed by atoms with Gasteiger partial charge in [0.25, 0.3) is 11.3 Å². The van der Waals surface area contributed by atoms with E-state index in [1.807, 2.05) is 24.3 Å². The molecule has 0 radical (unpaired) electrons. The van der Waals surface area contributed by atoms with Gasteiger partial charge in [0.1, 0.15) is 22.8 Å². The molecule has 0 saturated heterocycles. The molecule has 0 spiro atoms. The summed E-state index contributed by atoms with van der Waals surface area (Å²) in [6.07, 6.45) is 7.23. The number of rotatable bonds is 19. The number of hydrogen-bond acceptors (Lipinski definition) is 8. The van der Waals surface area contributed by atoms with E-state index in [4.69, 9.17) is 28.4 Å². The Morgan fingerprint density at radius 1 is 0.957 bits per heavy atom. The summed E-state index contributed by atoms with van der Waals surface area (Å²) >= 11 is -2.32. The van der Waals surface area contributed by atoms with Crippen molar-refractivity contribution in [3.63, 3.8) is 0 Å². The van der Waals surface area contributed by atoms with Gasteiger partial charge >= 0.3 is 6.09 Å². The molecule has 0 saturated carbocycles. The largest absolute Gasteiger partial charge is 0.492 e. The summed E-state index contributed by atoms with van der Waals surface area (Å²) in [6.45, 7) is 8.70. The van der Waals surface area contributed by atoms with Crippen LogP contribution in [0.4, 0.5) is 4.79 Å². The summed E-state index contributed by atoms with van der Waals surface area (Å²) in [5.41, 5.74) is 3.83. The Hall–Kier alpha value is -2.90. The fraction of sp³-hybridized carbons (Fsp3) is 0.618. The smallest absolute Gasteiger partial charge is 0.423 e. The maximum absolute atomic E-state index is 12.0. The predicted octanol–water partition coefficient (Wildman–Crippen LogP) is 7.09. The van der Waals surface area contributed by atoms with Crippen molar-refractivity contribution in [1.29, 1.82) is 0 Å². The molecule has 1 amide bonds. The van der Waals surface area contributed by atoms with Crippen LogP contribution in [0, 0.1) is 0 Å². The molecule has 2 N–H and O–H groups in total. The summed E-state index contributed by atoms with van der Waals surface area (Å²) in [4.78, 5) is 12.0. The van der Waals surface area contributed by atoms with E-state index in [1.54, 1.807) is 35.0 Å². The summed E-state index contributed by atoms with van der Waals surface area (Å²) in [6, 6.07) is 14.3. The van der Waals surface area contributed by atoms with E-state index in [-0.39, 0.29) is 31.5 Å². The number of nitrogens with one attached hydrogen (secondary N) is 1. The minimum Gasteiger partial charge on any atom is -0.492 e. The molecule has 1 aliphatic heterocycles. The predicted molar refractivity (Wildman–Crippen MR) is 177 cm³/mol. The molecule has 0 fully saturated rings. The van der Waals surface area contributed by atoms with Crippen LogP contribution in [0.2, 0.25) is 0 Å². The number of hydrazine groups is 1. The number of fused-ring (bicyclic) bond motifs is 1. The molecule has 3 unspecified atom stereocenters. The molecule has 1 aliphatic rings. The number of ether oxygens (including phenoxy) is 6. The van der Waals surface area contributed by atoms with Crippen molar-refractivity contribution in [3.05, 3.63) is 53.6 Å². The molecule has 0 aromatic heterocycles. The second kappa shape index (κ2) is 18.4. The van der Waals surface area contributed by atoms with E-state index in [0.29, 0.717) is 13.0 Å². The Bertz CT molecular complexity index is 1240. The number of unbranched alkanes of at least 4 members (excludes halogenated alkanes) is 6. The maximum Gasteiger partial charge on any atom is 0.423 e. The SMILES string of the molecule is COCOc1ccc(C2(C)COc3cc(OCOC)ccc3C2CCCCCCCCCN(NC(=O)OC(C)(C)C)S(=O)O)cc1. The Balaban J connectivity index is 1.53. The molecule has 3 rings (SSSR count). The fourth-order valence-corrected chi connectivity index (χ4v) is 6.13. The van der Waals surface area contributed by atoms with Crippen LogP contribution in [-0.4, -0.2) is 65.8 Å². The average Bonchev–Trinajstić information content (AvgIpc) is 3.01. The number of hydrogen-bond donors (Lipinski definition) is 2. The average molecular weight is 665 g/mol. The van der Waals surface area contributed by atoms with Crippen molar-refractivity contribution in [2.45, 2.75) is 96.0 Å². The zero-order valence-electron chi connectivity index (χ0n) is 28.2. The van der Waals surface area contributed by atoms with E-state index in [1.165, 1.54) is 11.1 Å². The van der Waals surface area contributed by atoms with Crippen LogP contribution in [0.5, 0.6) is 17.2 Å². The molecule has 2 aromatic carbocycles. The van der Waals surface area contributed by atoms with Crippen LogP contribution >= 0.6 is 0 Å². The highest BCUT2D eigenvalue weighted by atomic mass is 32.2. The first-order chi connectivity index (χ1) is 22.0. The summed E-state index contributed by atoms with van der Waals surface area (Å²) in [5.74, 6) is 2.59. The zero-order valence-corrected chi connectivity index (χ0v) is 29.0. The third-order valence-corrected chi connectivity index (χ3v) is 8.67. The van der Waals surface area contributed by atoms with Gasteiger partial charge in [-0.1, -0.05) is 63.6 Å². The van der Waals surface area contributed by atoms with E-state index < -0.39 is 23.0 Å². The van der Waals surface area contributed by atoms with Gasteiger partial charge in [-0.15, -0.1) is 4.41 Å². The lowest BCUT2D eigenvalue weighted by atomic mass is 9.66. The molecule has 2 aromatic rings. The van der Waals surface area contributed by atoms with Crippen LogP contribution in [0.3, 0.4) is 0 Å². The standard InChI is InChI=1S/C34H52N2O9S/c1-33(2,3)45-32(37)35-36(46(38)39)21-13-11-9-7-8-10-12-14-30-29-20-19-28(44-25-41-6)22-31(29)42-23-34(30,4)26-15-17-27(18-16-26)43-24-40-5/h15-20,22,30H,7-14,21,23-25H2,1-6H3,(H,35,37)(H,38,39). The van der Waals surface area contributed by atoms with Gasteiger partial charge in [0, 0.05) is 38.2 Å². The minimum atomic E-state index is -2.32. The number of carbonyl (C=O) groups excluding carboxylic acids is 1. The number of methoxy groups -OCH3 is 2. The van der Waals surface area contributed by atoms with Crippen molar-refractivity contribution in [3.8, 4) is 17.2 Å². The number of amides is 1. The highest BCUT2D eigenvalue weighted by molar-refractivity contribution is 7.76. The zero-order chi connectivity index (χ0) is 33.6. The second-order valence-corrected chi connectivity index (χ2v) is 13.7. The van der Waals surface area contributed by atoms with Crippen molar-refractivity contribution in [1.82, 2.24) is 9.84 Å². The van der Waals surface area contributed by atoms with Gasteiger partial charge < -0.3 is 28.4 Å². The first-order valence-electron chi connectivity index (χ1n) is 16.0. The van der Waals surface area contributed by atoms with Gasteiger partial charge in [-0.3, -0.25) is 4.55 Å². The van der Waals surface area contributed by atoms with Crippen molar-refractivity contribution >= 4 is 17.4 Å². The summed E-state index contributed by atoms with van der Waals surface area (Å²) < 4.78 is 55.1. The van der Waals surface area contributed by atoms with Crippen molar-refractivity contribution in [2.24, 2.45) is 0 Å². The molecule has 0 bridgehead atoms. The van der Waals surface area contributed by atoms with Gasteiger partial charge in [-0.2, -0.15) is 0 Å². The van der Waals surface area contributed by atoms with Gasteiger partial charge in [-0.05, 0) is 62.9 Å². The number of benzene rings is 2. The van der Waals surface area contributed by atoms with Crippen LogP contribution in [0.25, 0.3) is 0 Å². The Kier molecular flexibility index (Phi) is 15.1. The number of nitrogens with zero attached hydrogens (tertiary/aromatic N) is 1. The molecule has 1 heterocycles. The normalized spacial score (nSPS) is 18.4. The van der Waals surface area contributed by atoms with E-state index in [9.17, 15) is 13.6 Å².